The molecule has 0 saturated carbocycles. The van der Waals surface area contributed by atoms with E-state index in [1.807, 2.05) is 24.3 Å². The molecule has 1 amide bonds. The summed E-state index contributed by atoms with van der Waals surface area (Å²) in [6, 6.07) is 15.8. The van der Waals surface area contributed by atoms with Crippen LogP contribution in [-0.2, 0) is 11.0 Å². The van der Waals surface area contributed by atoms with E-state index in [1.165, 1.54) is 24.3 Å². The van der Waals surface area contributed by atoms with Gasteiger partial charge in [0, 0.05) is 18.8 Å². The van der Waals surface area contributed by atoms with Gasteiger partial charge in [0.25, 0.3) is 0 Å². The largest absolute Gasteiger partial charge is 0.439 e. The fourth-order valence-corrected chi connectivity index (χ4v) is 4.50. The van der Waals surface area contributed by atoms with Gasteiger partial charge in [0.15, 0.2) is 0 Å². The second-order valence-electron chi connectivity index (χ2n) is 8.35. The van der Waals surface area contributed by atoms with Gasteiger partial charge >= 0.3 is 12.3 Å². The highest BCUT2D eigenvalue weighted by Crippen LogP contribution is 2.41. The minimum absolute atomic E-state index is 0.00625. The third-order valence-electron chi connectivity index (χ3n) is 5.91. The lowest BCUT2D eigenvalue weighted by Crippen LogP contribution is -2.50. The number of H-pyrrole nitrogens is 1. The molecular weight excluding hydrogens is 493 g/mol. The number of aromatic amines is 1. The van der Waals surface area contributed by atoms with Crippen LogP contribution in [0.3, 0.4) is 0 Å². The van der Waals surface area contributed by atoms with E-state index in [2.05, 4.69) is 15.0 Å². The van der Waals surface area contributed by atoms with Crippen LogP contribution in [-0.4, -0.2) is 32.5 Å². The highest BCUT2D eigenvalue weighted by molar-refractivity contribution is 7.81. The first kappa shape index (κ1) is 24.0. The van der Waals surface area contributed by atoms with Crippen molar-refractivity contribution in [2.24, 2.45) is 0 Å². The molecule has 1 aliphatic heterocycles. The van der Waals surface area contributed by atoms with E-state index in [9.17, 15) is 18.0 Å². The number of nitrogens with one attached hydrogen (secondary N) is 1. The Morgan fingerprint density at radius 3 is 2.47 bits per heavy atom. The Balaban J connectivity index is 1.28. The highest BCUT2D eigenvalue weighted by atomic mass is 32.1. The van der Waals surface area contributed by atoms with E-state index in [0.717, 1.165) is 36.0 Å². The van der Waals surface area contributed by atoms with Crippen molar-refractivity contribution < 1.29 is 27.4 Å². The molecule has 2 aromatic heterocycles. The van der Waals surface area contributed by atoms with Gasteiger partial charge < -0.3 is 14.5 Å². The Labute approximate surface area is 209 Å². The lowest BCUT2D eigenvalue weighted by Gasteiger charge is -2.41. The number of halogens is 3. The molecule has 1 atom stereocenters. The SMILES string of the molecule is O=C(Oc1ccc(Oc2ccc(C(F)(F)F)cn2)cc1)N1CCCCC1(S)c1nc2ccccc2[nH]1. The molecule has 0 radical (unpaired) electrons. The predicted molar refractivity (Wildman–Crippen MR) is 129 cm³/mol. The monoisotopic (exact) mass is 514 g/mol. The van der Waals surface area contributed by atoms with Gasteiger partial charge in [-0.1, -0.05) is 12.1 Å². The summed E-state index contributed by atoms with van der Waals surface area (Å²) >= 11 is 4.88. The number of hydrogen-bond acceptors (Lipinski definition) is 6. The van der Waals surface area contributed by atoms with Crippen molar-refractivity contribution in [2.45, 2.75) is 30.3 Å². The fraction of sp³-hybridized carbons (Fsp3) is 0.240. The number of hydrogen-bond donors (Lipinski definition) is 2. The Kier molecular flexibility index (Phi) is 6.25. The van der Waals surface area contributed by atoms with Crippen LogP contribution < -0.4 is 9.47 Å². The van der Waals surface area contributed by atoms with Crippen molar-refractivity contribution in [2.75, 3.05) is 6.54 Å². The second-order valence-corrected chi connectivity index (χ2v) is 9.09. The van der Waals surface area contributed by atoms with E-state index in [1.54, 1.807) is 4.90 Å². The number of carbonyl (C=O) groups excluding carboxylic acids is 1. The molecular formula is C25H21F3N4O3S. The number of ether oxygens (including phenoxy) is 2. The quantitative estimate of drug-likeness (QED) is 0.303. The molecule has 2 aromatic carbocycles. The number of thiol groups is 1. The van der Waals surface area contributed by atoms with E-state index < -0.39 is 22.7 Å². The average Bonchev–Trinajstić information content (AvgIpc) is 3.31. The number of carbonyl (C=O) groups is 1. The number of alkyl halides is 3. The fourth-order valence-electron chi connectivity index (χ4n) is 4.05. The molecule has 1 aliphatic rings. The Morgan fingerprint density at radius 1 is 1.03 bits per heavy atom. The Bertz CT molecular complexity index is 1340. The van der Waals surface area contributed by atoms with Crippen LogP contribution in [0.5, 0.6) is 17.4 Å². The molecule has 11 heteroatoms. The summed E-state index contributed by atoms with van der Waals surface area (Å²) in [4.78, 5) is 25.4. The summed E-state index contributed by atoms with van der Waals surface area (Å²) < 4.78 is 49.2. The van der Waals surface area contributed by atoms with Gasteiger partial charge in [-0.15, -0.1) is 12.6 Å². The second kappa shape index (κ2) is 9.38. The van der Waals surface area contributed by atoms with Crippen molar-refractivity contribution >= 4 is 29.8 Å². The van der Waals surface area contributed by atoms with Crippen molar-refractivity contribution in [1.29, 1.82) is 0 Å². The Morgan fingerprint density at radius 2 is 1.78 bits per heavy atom. The van der Waals surface area contributed by atoms with E-state index in [-0.39, 0.29) is 11.6 Å². The minimum atomic E-state index is -4.47. The zero-order valence-electron chi connectivity index (χ0n) is 18.8. The maximum absolute atomic E-state index is 13.1. The summed E-state index contributed by atoms with van der Waals surface area (Å²) in [5.74, 6) is 1.19. The third-order valence-corrected chi connectivity index (χ3v) is 6.58. The standard InChI is InChI=1S/C25H21F3N4O3S/c26-25(27,28)16-7-12-21(29-15-16)34-17-8-10-18(11-9-17)35-23(33)32-14-4-3-13-24(32,36)22-30-19-5-1-2-6-20(19)31-22/h1-2,5-12,15,36H,3-4,13-14H2,(H,30,31). The molecule has 4 aromatic rings. The number of aromatic nitrogens is 3. The maximum Gasteiger partial charge on any atom is 0.417 e. The number of rotatable bonds is 4. The normalized spacial score (nSPS) is 18.3. The van der Waals surface area contributed by atoms with Gasteiger partial charge in [0.2, 0.25) is 5.88 Å². The van der Waals surface area contributed by atoms with Crippen LogP contribution in [0.1, 0.15) is 30.7 Å². The zero-order valence-corrected chi connectivity index (χ0v) is 19.7. The molecule has 1 N–H and O–H groups in total. The van der Waals surface area contributed by atoms with E-state index >= 15 is 0 Å². The lowest BCUT2D eigenvalue weighted by molar-refractivity contribution is -0.137. The number of pyridine rings is 1. The smallest absolute Gasteiger partial charge is 0.417 e. The number of fused-ring (bicyclic) bond motifs is 1. The van der Waals surface area contributed by atoms with E-state index in [4.69, 9.17) is 22.1 Å². The van der Waals surface area contributed by atoms with Crippen LogP contribution in [0.15, 0.2) is 66.9 Å². The van der Waals surface area contributed by atoms with Gasteiger partial charge in [-0.2, -0.15) is 13.2 Å². The van der Waals surface area contributed by atoms with Gasteiger partial charge in [-0.05, 0) is 61.7 Å². The third kappa shape index (κ3) is 4.83. The Hall–Kier alpha value is -3.73. The molecule has 3 heterocycles. The van der Waals surface area contributed by atoms with Crippen LogP contribution in [0.25, 0.3) is 11.0 Å². The summed E-state index contributed by atoms with van der Waals surface area (Å²) in [5, 5.41) is 0. The molecule has 7 nitrogen and oxygen atoms in total. The molecule has 36 heavy (non-hydrogen) atoms. The molecule has 1 saturated heterocycles. The van der Waals surface area contributed by atoms with Crippen LogP contribution in [0, 0.1) is 0 Å². The van der Waals surface area contributed by atoms with E-state index in [0.29, 0.717) is 30.7 Å². The molecule has 186 valence electrons. The molecule has 1 unspecified atom stereocenters. The summed E-state index contributed by atoms with van der Waals surface area (Å²) in [6.07, 6.45) is -2.03. The molecule has 0 bridgehead atoms. The van der Waals surface area contributed by atoms with Crippen molar-refractivity contribution in [3.63, 3.8) is 0 Å². The molecule has 1 fully saturated rings. The molecule has 0 aliphatic carbocycles. The number of nitrogens with zero attached hydrogens (tertiary/aromatic N) is 3. The number of piperidine rings is 1. The van der Waals surface area contributed by atoms with Gasteiger partial charge in [0.05, 0.1) is 16.6 Å². The first-order valence-corrected chi connectivity index (χ1v) is 11.7. The van der Waals surface area contributed by atoms with Crippen LogP contribution >= 0.6 is 12.6 Å². The number of imidazole rings is 1. The van der Waals surface area contributed by atoms with Crippen molar-refractivity contribution in [3.8, 4) is 17.4 Å². The highest BCUT2D eigenvalue weighted by Gasteiger charge is 2.43. The summed E-state index contributed by atoms with van der Waals surface area (Å²) in [7, 11) is 0. The first-order valence-electron chi connectivity index (χ1n) is 11.2. The lowest BCUT2D eigenvalue weighted by atomic mass is 10.0. The molecule has 5 rings (SSSR count). The zero-order chi connectivity index (χ0) is 25.3. The predicted octanol–water partition coefficient (Wildman–Crippen LogP) is 6.54. The van der Waals surface area contributed by atoms with Gasteiger partial charge in [0.1, 0.15) is 22.2 Å². The number of likely N-dealkylation sites (tertiary alicyclic amines) is 1. The maximum atomic E-state index is 13.1. The minimum Gasteiger partial charge on any atom is -0.439 e. The number of amides is 1. The summed E-state index contributed by atoms with van der Waals surface area (Å²) in [6.45, 7) is 0.458. The number of benzene rings is 2. The van der Waals surface area contributed by atoms with Crippen molar-refractivity contribution in [1.82, 2.24) is 19.9 Å². The average molecular weight is 515 g/mol. The first-order chi connectivity index (χ1) is 17.2. The molecule has 0 spiro atoms. The van der Waals surface area contributed by atoms with Gasteiger partial charge in [-0.25, -0.2) is 14.8 Å². The topological polar surface area (TPSA) is 80.3 Å². The van der Waals surface area contributed by atoms with Crippen molar-refractivity contribution in [3.05, 3.63) is 78.2 Å². The van der Waals surface area contributed by atoms with Crippen LogP contribution in [0.4, 0.5) is 18.0 Å². The van der Waals surface area contributed by atoms with Crippen LogP contribution in [0.2, 0.25) is 0 Å². The van der Waals surface area contributed by atoms with Gasteiger partial charge in [-0.3, -0.25) is 4.90 Å². The summed E-state index contributed by atoms with van der Waals surface area (Å²) in [5.41, 5.74) is 0.786. The number of para-hydroxylation sites is 2.